The van der Waals surface area contributed by atoms with Crippen LogP contribution >= 0.6 is 0 Å². The number of aryl methyl sites for hydroxylation is 1. The molecule has 0 fully saturated rings. The van der Waals surface area contributed by atoms with Gasteiger partial charge in [0.25, 0.3) is 0 Å². The summed E-state index contributed by atoms with van der Waals surface area (Å²) in [4.78, 5) is 12.5. The van der Waals surface area contributed by atoms with Crippen molar-refractivity contribution in [3.8, 4) is 11.3 Å². The molecule has 78 valence electrons. The van der Waals surface area contributed by atoms with Crippen LogP contribution in [-0.4, -0.2) is 25.1 Å². The second-order valence-corrected chi connectivity index (χ2v) is 3.49. The van der Waals surface area contributed by atoms with Crippen molar-refractivity contribution in [3.05, 3.63) is 36.5 Å². The average molecular weight is 211 g/mol. The minimum atomic E-state index is 0.740. The van der Waals surface area contributed by atoms with E-state index in [1.807, 2.05) is 19.1 Å². The van der Waals surface area contributed by atoms with Crippen molar-refractivity contribution in [2.75, 3.05) is 0 Å². The Kier molecular flexibility index (Phi) is 1.89. The van der Waals surface area contributed by atoms with E-state index in [4.69, 9.17) is 0 Å². The van der Waals surface area contributed by atoms with Gasteiger partial charge in [-0.05, 0) is 19.1 Å². The number of H-pyrrole nitrogens is 1. The first-order chi connectivity index (χ1) is 7.84. The first-order valence-corrected chi connectivity index (χ1v) is 4.93. The number of hydrogen-bond donors (Lipinski definition) is 1. The van der Waals surface area contributed by atoms with Crippen LogP contribution in [0.3, 0.4) is 0 Å². The molecule has 0 bridgehead atoms. The molecule has 3 heterocycles. The van der Waals surface area contributed by atoms with E-state index in [0.717, 1.165) is 28.1 Å². The fraction of sp³-hybridized carbons (Fsp3) is 0.0909. The van der Waals surface area contributed by atoms with Gasteiger partial charge in [-0.3, -0.25) is 10.1 Å². The monoisotopic (exact) mass is 211 g/mol. The van der Waals surface area contributed by atoms with Crippen molar-refractivity contribution < 1.29 is 0 Å². The van der Waals surface area contributed by atoms with Gasteiger partial charge < -0.3 is 0 Å². The first-order valence-electron chi connectivity index (χ1n) is 4.93. The number of hydrogen-bond acceptors (Lipinski definition) is 4. The second kappa shape index (κ2) is 3.37. The van der Waals surface area contributed by atoms with Gasteiger partial charge in [-0.2, -0.15) is 5.10 Å². The second-order valence-electron chi connectivity index (χ2n) is 3.49. The lowest BCUT2D eigenvalue weighted by molar-refractivity contribution is 1.08. The summed E-state index contributed by atoms with van der Waals surface area (Å²) in [6.07, 6.45) is 5.23. The Balaban J connectivity index is 2.29. The van der Waals surface area contributed by atoms with Gasteiger partial charge in [0.1, 0.15) is 22.6 Å². The van der Waals surface area contributed by atoms with Gasteiger partial charge in [-0.15, -0.1) is 0 Å². The number of aromatic amines is 1. The van der Waals surface area contributed by atoms with Crippen LogP contribution in [0.4, 0.5) is 0 Å². The molecule has 0 saturated carbocycles. The van der Waals surface area contributed by atoms with E-state index in [1.54, 1.807) is 18.6 Å². The molecule has 5 nitrogen and oxygen atoms in total. The standard InChI is InChI=1S/C11H9N5/c1-7-13-6-9-11(14-7)10(16-15-9)8-2-4-12-5-3-8/h2-6H,1H3,(H,15,16). The van der Waals surface area contributed by atoms with Gasteiger partial charge in [-0.1, -0.05) is 0 Å². The van der Waals surface area contributed by atoms with Gasteiger partial charge in [0, 0.05) is 18.0 Å². The Morgan fingerprint density at radius 3 is 2.81 bits per heavy atom. The summed E-state index contributed by atoms with van der Waals surface area (Å²) in [6, 6.07) is 3.82. The van der Waals surface area contributed by atoms with Crippen molar-refractivity contribution in [2.45, 2.75) is 6.92 Å². The Labute approximate surface area is 91.6 Å². The zero-order chi connectivity index (χ0) is 11.0. The highest BCUT2D eigenvalue weighted by Crippen LogP contribution is 2.23. The zero-order valence-electron chi connectivity index (χ0n) is 8.68. The molecule has 1 N–H and O–H groups in total. The molecule has 0 atom stereocenters. The molecule has 0 aromatic carbocycles. The third kappa shape index (κ3) is 1.33. The summed E-state index contributed by atoms with van der Waals surface area (Å²) in [5.41, 5.74) is 3.53. The predicted octanol–water partition coefficient (Wildman–Crippen LogP) is 1.72. The van der Waals surface area contributed by atoms with Crippen molar-refractivity contribution in [1.82, 2.24) is 25.1 Å². The molecule has 0 aliphatic heterocycles. The van der Waals surface area contributed by atoms with Crippen molar-refractivity contribution in [3.63, 3.8) is 0 Å². The lowest BCUT2D eigenvalue weighted by Crippen LogP contribution is -1.87. The van der Waals surface area contributed by atoms with Crippen LogP contribution in [0.1, 0.15) is 5.82 Å². The summed E-state index contributed by atoms with van der Waals surface area (Å²) >= 11 is 0. The molecule has 3 aromatic heterocycles. The van der Waals surface area contributed by atoms with E-state index in [-0.39, 0.29) is 0 Å². The molecule has 0 aliphatic carbocycles. The molecular weight excluding hydrogens is 202 g/mol. The molecule has 0 spiro atoms. The average Bonchev–Trinajstić information content (AvgIpc) is 2.73. The quantitative estimate of drug-likeness (QED) is 0.665. The molecule has 5 heteroatoms. The van der Waals surface area contributed by atoms with Crippen LogP contribution in [0, 0.1) is 6.92 Å². The minimum absolute atomic E-state index is 0.740. The lowest BCUT2D eigenvalue weighted by Gasteiger charge is -1.96. The van der Waals surface area contributed by atoms with Crippen LogP contribution in [0.2, 0.25) is 0 Å². The highest BCUT2D eigenvalue weighted by atomic mass is 15.1. The summed E-state index contributed by atoms with van der Waals surface area (Å²) in [7, 11) is 0. The SMILES string of the molecule is Cc1ncc2[nH]nc(-c3ccncc3)c2n1. The van der Waals surface area contributed by atoms with E-state index >= 15 is 0 Å². The van der Waals surface area contributed by atoms with E-state index in [0.29, 0.717) is 0 Å². The van der Waals surface area contributed by atoms with Gasteiger partial charge in [0.05, 0.1) is 6.20 Å². The Bertz CT molecular complexity index is 629. The fourth-order valence-electron chi connectivity index (χ4n) is 1.61. The topological polar surface area (TPSA) is 67.3 Å². The molecule has 0 unspecified atom stereocenters. The van der Waals surface area contributed by atoms with E-state index in [1.165, 1.54) is 0 Å². The van der Waals surface area contributed by atoms with Gasteiger partial charge >= 0.3 is 0 Å². The van der Waals surface area contributed by atoms with Crippen LogP contribution in [0.15, 0.2) is 30.7 Å². The van der Waals surface area contributed by atoms with Gasteiger partial charge in [0.15, 0.2) is 0 Å². The molecule has 0 aliphatic rings. The molecular formula is C11H9N5. The maximum atomic E-state index is 4.39. The number of fused-ring (bicyclic) bond motifs is 1. The molecule has 0 radical (unpaired) electrons. The van der Waals surface area contributed by atoms with E-state index < -0.39 is 0 Å². The molecule has 3 aromatic rings. The number of rotatable bonds is 1. The van der Waals surface area contributed by atoms with Crippen LogP contribution < -0.4 is 0 Å². The Hall–Kier alpha value is -2.30. The highest BCUT2D eigenvalue weighted by Gasteiger charge is 2.09. The van der Waals surface area contributed by atoms with Crippen LogP contribution in [0.5, 0.6) is 0 Å². The van der Waals surface area contributed by atoms with Crippen LogP contribution in [0.25, 0.3) is 22.3 Å². The molecule has 16 heavy (non-hydrogen) atoms. The number of aromatic nitrogens is 5. The summed E-state index contributed by atoms with van der Waals surface area (Å²) in [5.74, 6) is 0.740. The normalized spacial score (nSPS) is 10.8. The smallest absolute Gasteiger partial charge is 0.126 e. The van der Waals surface area contributed by atoms with Crippen molar-refractivity contribution in [2.24, 2.45) is 0 Å². The zero-order valence-corrected chi connectivity index (χ0v) is 8.68. The lowest BCUT2D eigenvalue weighted by atomic mass is 10.2. The van der Waals surface area contributed by atoms with Crippen LogP contribution in [-0.2, 0) is 0 Å². The summed E-state index contributed by atoms with van der Waals surface area (Å²) in [6.45, 7) is 1.86. The third-order valence-electron chi connectivity index (χ3n) is 2.38. The summed E-state index contributed by atoms with van der Waals surface area (Å²) in [5, 5.41) is 7.17. The maximum absolute atomic E-state index is 4.39. The number of nitrogens with zero attached hydrogens (tertiary/aromatic N) is 4. The van der Waals surface area contributed by atoms with Gasteiger partial charge in [-0.25, -0.2) is 9.97 Å². The number of pyridine rings is 1. The molecule has 3 rings (SSSR count). The highest BCUT2D eigenvalue weighted by molar-refractivity contribution is 5.88. The van der Waals surface area contributed by atoms with Gasteiger partial charge in [0.2, 0.25) is 0 Å². The summed E-state index contributed by atoms with van der Waals surface area (Å²) < 4.78 is 0. The van der Waals surface area contributed by atoms with Crippen molar-refractivity contribution >= 4 is 11.0 Å². The fourth-order valence-corrected chi connectivity index (χ4v) is 1.61. The van der Waals surface area contributed by atoms with E-state index in [2.05, 4.69) is 25.1 Å². The minimum Gasteiger partial charge on any atom is -0.274 e. The largest absolute Gasteiger partial charge is 0.274 e. The number of nitrogens with one attached hydrogen (secondary N) is 1. The van der Waals surface area contributed by atoms with E-state index in [9.17, 15) is 0 Å². The third-order valence-corrected chi connectivity index (χ3v) is 2.38. The predicted molar refractivity (Wildman–Crippen MR) is 59.7 cm³/mol. The maximum Gasteiger partial charge on any atom is 0.126 e. The Morgan fingerprint density at radius 1 is 1.19 bits per heavy atom. The molecule has 0 saturated heterocycles. The molecule has 0 amide bonds. The Morgan fingerprint density at radius 2 is 2.00 bits per heavy atom. The van der Waals surface area contributed by atoms with Crippen molar-refractivity contribution in [1.29, 1.82) is 0 Å². The first kappa shape index (κ1) is 8.96.